The molecule has 0 aromatic heterocycles. The third-order valence-corrected chi connectivity index (χ3v) is 5.14. The van der Waals surface area contributed by atoms with Crippen molar-refractivity contribution in [2.45, 2.75) is 17.8 Å². The van der Waals surface area contributed by atoms with Crippen LogP contribution < -0.4 is 0 Å². The molecule has 0 aliphatic carbocycles. The molecular formula is C14H16FNO2S. The van der Waals surface area contributed by atoms with Crippen LogP contribution in [-0.4, -0.2) is 41.2 Å². The van der Waals surface area contributed by atoms with Crippen LogP contribution in [0.2, 0.25) is 0 Å². The number of ether oxygens (including phenoxy) is 1. The lowest BCUT2D eigenvalue weighted by Gasteiger charge is -2.37. The van der Waals surface area contributed by atoms with E-state index in [1.807, 2.05) is 16.7 Å². The maximum atomic E-state index is 12.8. The van der Waals surface area contributed by atoms with Crippen LogP contribution in [0.4, 0.5) is 4.39 Å². The summed E-state index contributed by atoms with van der Waals surface area (Å²) in [4.78, 5) is 14.0. The third-order valence-electron chi connectivity index (χ3n) is 3.72. The predicted molar refractivity (Wildman–Crippen MR) is 72.7 cm³/mol. The van der Waals surface area contributed by atoms with Gasteiger partial charge in [-0.1, -0.05) is 0 Å². The Morgan fingerprint density at radius 2 is 1.95 bits per heavy atom. The lowest BCUT2D eigenvalue weighted by molar-refractivity contribution is 0.00352. The Hall–Kier alpha value is -1.07. The third kappa shape index (κ3) is 2.62. The van der Waals surface area contributed by atoms with Gasteiger partial charge < -0.3 is 9.64 Å². The number of halogens is 1. The number of thioether (sulfide) groups is 1. The van der Waals surface area contributed by atoms with Crippen LogP contribution in [0.5, 0.6) is 0 Å². The van der Waals surface area contributed by atoms with Crippen molar-refractivity contribution in [3.05, 3.63) is 35.6 Å². The normalized spacial score (nSPS) is 21.8. The van der Waals surface area contributed by atoms with E-state index in [9.17, 15) is 9.18 Å². The van der Waals surface area contributed by atoms with Crippen LogP contribution in [0.25, 0.3) is 0 Å². The molecule has 1 spiro atoms. The van der Waals surface area contributed by atoms with E-state index in [0.717, 1.165) is 25.2 Å². The van der Waals surface area contributed by atoms with E-state index in [2.05, 4.69) is 0 Å². The van der Waals surface area contributed by atoms with E-state index < -0.39 is 0 Å². The van der Waals surface area contributed by atoms with Crippen molar-refractivity contribution in [1.82, 2.24) is 4.90 Å². The van der Waals surface area contributed by atoms with Gasteiger partial charge in [0, 0.05) is 37.2 Å². The van der Waals surface area contributed by atoms with E-state index in [-0.39, 0.29) is 16.7 Å². The monoisotopic (exact) mass is 281 g/mol. The Morgan fingerprint density at radius 3 is 2.53 bits per heavy atom. The average Bonchev–Trinajstić information content (AvgIpc) is 2.88. The summed E-state index contributed by atoms with van der Waals surface area (Å²) in [6.07, 6.45) is 1.76. The first-order valence-electron chi connectivity index (χ1n) is 6.51. The fraction of sp³-hybridized carbons (Fsp3) is 0.500. The highest BCUT2D eigenvalue weighted by molar-refractivity contribution is 8.00. The van der Waals surface area contributed by atoms with Crippen molar-refractivity contribution in [2.24, 2.45) is 0 Å². The molecule has 5 heteroatoms. The Labute approximate surface area is 116 Å². The standard InChI is InChI=1S/C14H16FNO2S/c15-12-3-1-11(2-4-12)13(17)16-7-5-14(6-8-16)18-9-10-19-14/h1-4H,5-10H2. The highest BCUT2D eigenvalue weighted by Gasteiger charge is 2.40. The molecule has 2 saturated heterocycles. The molecule has 3 nitrogen and oxygen atoms in total. The zero-order valence-electron chi connectivity index (χ0n) is 10.6. The van der Waals surface area contributed by atoms with Crippen molar-refractivity contribution >= 4 is 17.7 Å². The number of rotatable bonds is 1. The highest BCUT2D eigenvalue weighted by Crippen LogP contribution is 2.41. The number of nitrogens with zero attached hydrogens (tertiary/aromatic N) is 1. The number of benzene rings is 1. The smallest absolute Gasteiger partial charge is 0.253 e. The molecule has 19 heavy (non-hydrogen) atoms. The Balaban J connectivity index is 1.64. The first kappa shape index (κ1) is 12.9. The molecule has 1 aromatic rings. The first-order valence-corrected chi connectivity index (χ1v) is 7.50. The van der Waals surface area contributed by atoms with Gasteiger partial charge in [0.15, 0.2) is 0 Å². The Morgan fingerprint density at radius 1 is 1.26 bits per heavy atom. The van der Waals surface area contributed by atoms with Crippen LogP contribution in [-0.2, 0) is 4.74 Å². The minimum atomic E-state index is -0.315. The number of hydrogen-bond donors (Lipinski definition) is 0. The molecule has 2 aliphatic heterocycles. The fourth-order valence-corrected chi connectivity index (χ4v) is 3.79. The number of amides is 1. The molecule has 2 heterocycles. The molecule has 2 aliphatic rings. The number of hydrogen-bond acceptors (Lipinski definition) is 3. The second kappa shape index (κ2) is 5.13. The van der Waals surface area contributed by atoms with Crippen LogP contribution >= 0.6 is 11.8 Å². The SMILES string of the molecule is O=C(c1ccc(F)cc1)N1CCC2(CC1)OCCS2. The number of carbonyl (C=O) groups is 1. The maximum absolute atomic E-state index is 12.8. The van der Waals surface area contributed by atoms with E-state index in [1.165, 1.54) is 12.1 Å². The summed E-state index contributed by atoms with van der Waals surface area (Å²) < 4.78 is 18.7. The van der Waals surface area contributed by atoms with Gasteiger partial charge in [0.25, 0.3) is 5.91 Å². The summed E-state index contributed by atoms with van der Waals surface area (Å²) in [6, 6.07) is 5.74. The van der Waals surface area contributed by atoms with Crippen LogP contribution in [0, 0.1) is 5.82 Å². The molecule has 0 N–H and O–H groups in total. The zero-order chi connectivity index (χ0) is 13.3. The lowest BCUT2D eigenvalue weighted by atomic mass is 10.1. The quantitative estimate of drug-likeness (QED) is 0.792. The van der Waals surface area contributed by atoms with Crippen molar-refractivity contribution in [1.29, 1.82) is 0 Å². The molecule has 2 fully saturated rings. The van der Waals surface area contributed by atoms with Crippen LogP contribution in [0.3, 0.4) is 0 Å². The second-order valence-corrected chi connectivity index (χ2v) is 6.35. The molecular weight excluding hydrogens is 265 g/mol. The summed E-state index contributed by atoms with van der Waals surface area (Å²) in [5, 5.41) is 0. The molecule has 0 radical (unpaired) electrons. The van der Waals surface area contributed by atoms with Gasteiger partial charge in [0.05, 0.1) is 6.61 Å². The van der Waals surface area contributed by atoms with E-state index >= 15 is 0 Å². The Bertz CT molecular complexity index is 461. The van der Waals surface area contributed by atoms with Crippen LogP contribution in [0.15, 0.2) is 24.3 Å². The van der Waals surface area contributed by atoms with Crippen molar-refractivity contribution in [2.75, 3.05) is 25.4 Å². The van der Waals surface area contributed by atoms with E-state index in [4.69, 9.17) is 4.74 Å². The van der Waals surface area contributed by atoms with Gasteiger partial charge in [0.1, 0.15) is 10.8 Å². The molecule has 1 aromatic carbocycles. The van der Waals surface area contributed by atoms with E-state index in [0.29, 0.717) is 18.7 Å². The first-order chi connectivity index (χ1) is 9.19. The average molecular weight is 281 g/mol. The lowest BCUT2D eigenvalue weighted by Crippen LogP contribution is -2.45. The van der Waals surface area contributed by atoms with Gasteiger partial charge in [-0.25, -0.2) is 4.39 Å². The van der Waals surface area contributed by atoms with Crippen molar-refractivity contribution in [3.63, 3.8) is 0 Å². The number of likely N-dealkylation sites (tertiary alicyclic amines) is 1. The minimum absolute atomic E-state index is 0.0159. The summed E-state index contributed by atoms with van der Waals surface area (Å²) in [5.41, 5.74) is 0.553. The Kier molecular flexibility index (Phi) is 3.50. The van der Waals surface area contributed by atoms with E-state index in [1.54, 1.807) is 12.1 Å². The van der Waals surface area contributed by atoms with Crippen molar-refractivity contribution in [3.8, 4) is 0 Å². The van der Waals surface area contributed by atoms with Gasteiger partial charge >= 0.3 is 0 Å². The van der Waals surface area contributed by atoms with Gasteiger partial charge in [-0.05, 0) is 24.3 Å². The summed E-state index contributed by atoms with van der Waals surface area (Å²) in [5.74, 6) is 0.717. The summed E-state index contributed by atoms with van der Waals surface area (Å²) in [6.45, 7) is 2.24. The molecule has 3 rings (SSSR count). The minimum Gasteiger partial charge on any atom is -0.363 e. The van der Waals surface area contributed by atoms with Gasteiger partial charge in [-0.3, -0.25) is 4.79 Å². The van der Waals surface area contributed by atoms with Gasteiger partial charge in [-0.15, -0.1) is 11.8 Å². The molecule has 1 amide bonds. The van der Waals surface area contributed by atoms with Crippen molar-refractivity contribution < 1.29 is 13.9 Å². The molecule has 0 bridgehead atoms. The van der Waals surface area contributed by atoms with Gasteiger partial charge in [-0.2, -0.15) is 0 Å². The number of carbonyl (C=O) groups excluding carboxylic acids is 1. The topological polar surface area (TPSA) is 29.5 Å². The zero-order valence-corrected chi connectivity index (χ0v) is 11.4. The molecule has 0 atom stereocenters. The van der Waals surface area contributed by atoms with Gasteiger partial charge in [0.2, 0.25) is 0 Å². The molecule has 0 unspecified atom stereocenters. The molecule has 0 saturated carbocycles. The van der Waals surface area contributed by atoms with Crippen LogP contribution in [0.1, 0.15) is 23.2 Å². The maximum Gasteiger partial charge on any atom is 0.253 e. The summed E-state index contributed by atoms with van der Waals surface area (Å²) >= 11 is 1.87. The predicted octanol–water partition coefficient (Wildman–Crippen LogP) is 2.52. The summed E-state index contributed by atoms with van der Waals surface area (Å²) in [7, 11) is 0. The highest BCUT2D eigenvalue weighted by atomic mass is 32.2. The molecule has 102 valence electrons. The second-order valence-electron chi connectivity index (χ2n) is 4.91. The largest absolute Gasteiger partial charge is 0.363 e. The fourth-order valence-electron chi connectivity index (χ4n) is 2.61. The number of piperidine rings is 1.